The minimum absolute atomic E-state index is 0.0177. The van der Waals surface area contributed by atoms with Crippen LogP contribution in [0, 0.1) is 0 Å². The average Bonchev–Trinajstić information content (AvgIpc) is 2.99. The Morgan fingerprint density at radius 3 is 2.27 bits per heavy atom. The number of carbonyl (C=O) groups excluding carboxylic acids is 1. The SMILES string of the molecule is O=C(/C=C/c1cc(Br)cs1)c1ccc(-c2ccccc2)cc1. The Bertz CT molecular complexity index is 801. The summed E-state index contributed by atoms with van der Waals surface area (Å²) < 4.78 is 1.04. The predicted octanol–water partition coefficient (Wildman–Crippen LogP) is 6.07. The summed E-state index contributed by atoms with van der Waals surface area (Å²) in [6.07, 6.45) is 3.47. The van der Waals surface area contributed by atoms with E-state index in [1.165, 1.54) is 0 Å². The molecule has 0 N–H and O–H groups in total. The van der Waals surface area contributed by atoms with Crippen molar-refractivity contribution in [2.45, 2.75) is 0 Å². The predicted molar refractivity (Wildman–Crippen MR) is 97.3 cm³/mol. The molecule has 1 nitrogen and oxygen atoms in total. The molecule has 0 unspecified atom stereocenters. The summed E-state index contributed by atoms with van der Waals surface area (Å²) in [5.41, 5.74) is 2.97. The molecule has 0 amide bonds. The molecule has 0 bridgehead atoms. The Morgan fingerprint density at radius 1 is 0.955 bits per heavy atom. The number of halogens is 1. The van der Waals surface area contributed by atoms with Crippen molar-refractivity contribution < 1.29 is 4.79 Å². The standard InChI is InChI=1S/C19H13BrOS/c20-17-12-18(22-13-17)10-11-19(21)16-8-6-15(7-9-16)14-4-2-1-3-5-14/h1-13H/b11-10+. The molecule has 3 heteroatoms. The highest BCUT2D eigenvalue weighted by molar-refractivity contribution is 9.10. The maximum absolute atomic E-state index is 12.2. The fourth-order valence-electron chi connectivity index (χ4n) is 2.13. The number of allylic oxidation sites excluding steroid dienone is 1. The van der Waals surface area contributed by atoms with Crippen molar-refractivity contribution in [3.05, 3.63) is 87.0 Å². The molecule has 0 aliphatic rings. The molecule has 22 heavy (non-hydrogen) atoms. The van der Waals surface area contributed by atoms with Gasteiger partial charge in [-0.3, -0.25) is 4.79 Å². The van der Waals surface area contributed by atoms with Crippen LogP contribution in [0.25, 0.3) is 17.2 Å². The van der Waals surface area contributed by atoms with Crippen molar-refractivity contribution in [2.75, 3.05) is 0 Å². The van der Waals surface area contributed by atoms with Crippen LogP contribution in [0.3, 0.4) is 0 Å². The van der Waals surface area contributed by atoms with Crippen LogP contribution in [-0.4, -0.2) is 5.78 Å². The topological polar surface area (TPSA) is 17.1 Å². The molecule has 3 rings (SSSR count). The van der Waals surface area contributed by atoms with E-state index in [0.29, 0.717) is 5.56 Å². The van der Waals surface area contributed by atoms with Gasteiger partial charge in [0.25, 0.3) is 0 Å². The first kappa shape index (κ1) is 14.9. The van der Waals surface area contributed by atoms with E-state index >= 15 is 0 Å². The van der Waals surface area contributed by atoms with Gasteiger partial charge in [0.15, 0.2) is 5.78 Å². The lowest BCUT2D eigenvalue weighted by Gasteiger charge is -2.02. The van der Waals surface area contributed by atoms with Gasteiger partial charge in [0.1, 0.15) is 0 Å². The quantitative estimate of drug-likeness (QED) is 0.403. The molecule has 0 saturated heterocycles. The third-order valence-electron chi connectivity index (χ3n) is 3.26. The van der Waals surface area contributed by atoms with Crippen LogP contribution in [-0.2, 0) is 0 Å². The van der Waals surface area contributed by atoms with Crippen molar-refractivity contribution in [3.8, 4) is 11.1 Å². The van der Waals surface area contributed by atoms with E-state index in [1.54, 1.807) is 17.4 Å². The molecule has 0 atom stereocenters. The minimum Gasteiger partial charge on any atom is -0.289 e. The molecule has 2 aromatic carbocycles. The molecule has 0 spiro atoms. The van der Waals surface area contributed by atoms with Crippen molar-refractivity contribution in [1.29, 1.82) is 0 Å². The fraction of sp³-hybridized carbons (Fsp3) is 0. The third kappa shape index (κ3) is 3.62. The summed E-state index contributed by atoms with van der Waals surface area (Å²) in [4.78, 5) is 13.2. The van der Waals surface area contributed by atoms with Crippen LogP contribution in [0.15, 0.2) is 76.6 Å². The first-order chi connectivity index (χ1) is 10.7. The van der Waals surface area contributed by atoms with Gasteiger partial charge in [-0.1, -0.05) is 54.6 Å². The summed E-state index contributed by atoms with van der Waals surface area (Å²) >= 11 is 5.01. The zero-order valence-corrected chi connectivity index (χ0v) is 14.1. The molecule has 0 fully saturated rings. The molecule has 1 aromatic heterocycles. The summed E-state index contributed by atoms with van der Waals surface area (Å²) in [5, 5.41) is 2.00. The van der Waals surface area contributed by atoms with E-state index in [2.05, 4.69) is 28.1 Å². The molecule has 0 aliphatic heterocycles. The van der Waals surface area contributed by atoms with Crippen LogP contribution < -0.4 is 0 Å². The van der Waals surface area contributed by atoms with Gasteiger partial charge in [-0.25, -0.2) is 0 Å². The molecular weight excluding hydrogens is 356 g/mol. The first-order valence-corrected chi connectivity index (χ1v) is 8.51. The van der Waals surface area contributed by atoms with E-state index < -0.39 is 0 Å². The molecule has 0 saturated carbocycles. The monoisotopic (exact) mass is 368 g/mol. The lowest BCUT2D eigenvalue weighted by atomic mass is 10.0. The van der Waals surface area contributed by atoms with Crippen molar-refractivity contribution >= 4 is 39.1 Å². The van der Waals surface area contributed by atoms with Gasteiger partial charge in [0, 0.05) is 20.3 Å². The maximum Gasteiger partial charge on any atom is 0.185 e. The summed E-state index contributed by atoms with van der Waals surface area (Å²) in [5.74, 6) is 0.0177. The minimum atomic E-state index is 0.0177. The fourth-order valence-corrected chi connectivity index (χ4v) is 3.46. The number of carbonyl (C=O) groups is 1. The van der Waals surface area contributed by atoms with E-state index in [1.807, 2.05) is 60.0 Å². The normalized spacial score (nSPS) is 11.0. The van der Waals surface area contributed by atoms with E-state index in [4.69, 9.17) is 0 Å². The lowest BCUT2D eigenvalue weighted by Crippen LogP contribution is -1.93. The Labute approximate surface area is 142 Å². The number of ketones is 1. The van der Waals surface area contributed by atoms with Gasteiger partial charge in [0.2, 0.25) is 0 Å². The molecule has 1 heterocycles. The van der Waals surface area contributed by atoms with E-state index in [0.717, 1.165) is 20.5 Å². The van der Waals surface area contributed by atoms with Gasteiger partial charge in [-0.2, -0.15) is 0 Å². The van der Waals surface area contributed by atoms with Crippen molar-refractivity contribution in [3.63, 3.8) is 0 Å². The average molecular weight is 369 g/mol. The molecule has 3 aromatic rings. The summed E-state index contributed by atoms with van der Waals surface area (Å²) in [7, 11) is 0. The zero-order valence-electron chi connectivity index (χ0n) is 11.7. The Balaban J connectivity index is 1.75. The van der Waals surface area contributed by atoms with Crippen molar-refractivity contribution in [2.24, 2.45) is 0 Å². The van der Waals surface area contributed by atoms with Crippen LogP contribution in [0.1, 0.15) is 15.2 Å². The van der Waals surface area contributed by atoms with E-state index in [-0.39, 0.29) is 5.78 Å². The Morgan fingerprint density at radius 2 is 1.64 bits per heavy atom. The van der Waals surface area contributed by atoms with Gasteiger partial charge in [0.05, 0.1) is 0 Å². The molecule has 0 aliphatic carbocycles. The van der Waals surface area contributed by atoms with Gasteiger partial charge in [-0.05, 0) is 45.3 Å². The lowest BCUT2D eigenvalue weighted by molar-refractivity contribution is 0.104. The van der Waals surface area contributed by atoms with Crippen molar-refractivity contribution in [1.82, 2.24) is 0 Å². The van der Waals surface area contributed by atoms with Crippen LogP contribution in [0.5, 0.6) is 0 Å². The highest BCUT2D eigenvalue weighted by atomic mass is 79.9. The number of thiophene rings is 1. The first-order valence-electron chi connectivity index (χ1n) is 6.84. The number of hydrogen-bond donors (Lipinski definition) is 0. The highest BCUT2D eigenvalue weighted by Crippen LogP contribution is 2.22. The molecule has 0 radical (unpaired) electrons. The third-order valence-corrected chi connectivity index (χ3v) is 4.92. The second kappa shape index (κ2) is 6.86. The maximum atomic E-state index is 12.2. The molecule has 108 valence electrons. The molecular formula is C19H13BrOS. The van der Waals surface area contributed by atoms with Crippen LogP contribution >= 0.6 is 27.3 Å². The second-order valence-corrected chi connectivity index (χ2v) is 6.67. The number of hydrogen-bond acceptors (Lipinski definition) is 2. The summed E-state index contributed by atoms with van der Waals surface area (Å²) in [6.45, 7) is 0. The zero-order chi connectivity index (χ0) is 15.4. The highest BCUT2D eigenvalue weighted by Gasteiger charge is 2.03. The van der Waals surface area contributed by atoms with E-state index in [9.17, 15) is 4.79 Å². The van der Waals surface area contributed by atoms with Gasteiger partial charge < -0.3 is 0 Å². The second-order valence-electron chi connectivity index (χ2n) is 4.81. The van der Waals surface area contributed by atoms with Crippen LogP contribution in [0.4, 0.5) is 0 Å². The van der Waals surface area contributed by atoms with Crippen LogP contribution in [0.2, 0.25) is 0 Å². The number of rotatable bonds is 4. The smallest absolute Gasteiger partial charge is 0.185 e. The Hall–Kier alpha value is -1.97. The van der Waals surface area contributed by atoms with Gasteiger partial charge in [-0.15, -0.1) is 11.3 Å². The number of benzene rings is 2. The Kier molecular flexibility index (Phi) is 4.66. The summed E-state index contributed by atoms with van der Waals surface area (Å²) in [6, 6.07) is 19.8. The van der Waals surface area contributed by atoms with Gasteiger partial charge >= 0.3 is 0 Å². The largest absolute Gasteiger partial charge is 0.289 e.